The van der Waals surface area contributed by atoms with Gasteiger partial charge in [-0.05, 0) is 32.4 Å². The van der Waals surface area contributed by atoms with E-state index in [1.165, 1.54) is 10.7 Å². The molecule has 3 rings (SSSR count). The standard InChI is InChI=1S/C16H25N3O2S/c1-2-15-17-14(12-22-15)11-18-5-3-13(4-6-18)16(20)19-7-9-21-10-8-19/h12-13H,2-11H2,1H3. The summed E-state index contributed by atoms with van der Waals surface area (Å²) >= 11 is 1.75. The third-order valence-electron chi connectivity index (χ3n) is 4.55. The number of piperidine rings is 1. The Morgan fingerprint density at radius 3 is 2.68 bits per heavy atom. The minimum Gasteiger partial charge on any atom is -0.378 e. The normalized spacial score (nSPS) is 21.2. The maximum absolute atomic E-state index is 12.5. The molecule has 2 aliphatic heterocycles. The van der Waals surface area contributed by atoms with Crippen molar-refractivity contribution in [3.8, 4) is 0 Å². The van der Waals surface area contributed by atoms with Crippen LogP contribution < -0.4 is 0 Å². The van der Waals surface area contributed by atoms with Crippen molar-refractivity contribution in [1.82, 2.24) is 14.8 Å². The van der Waals surface area contributed by atoms with Crippen molar-refractivity contribution in [3.05, 3.63) is 16.1 Å². The fourth-order valence-corrected chi connectivity index (χ4v) is 3.93. The highest BCUT2D eigenvalue weighted by Crippen LogP contribution is 2.22. The molecule has 2 saturated heterocycles. The van der Waals surface area contributed by atoms with Gasteiger partial charge in [-0.25, -0.2) is 4.98 Å². The Morgan fingerprint density at radius 2 is 2.05 bits per heavy atom. The van der Waals surface area contributed by atoms with Gasteiger partial charge in [0.25, 0.3) is 0 Å². The third-order valence-corrected chi connectivity index (χ3v) is 5.59. The van der Waals surface area contributed by atoms with Gasteiger partial charge in [-0.15, -0.1) is 11.3 Å². The molecule has 2 fully saturated rings. The van der Waals surface area contributed by atoms with Crippen LogP contribution in [0.4, 0.5) is 0 Å². The lowest BCUT2D eigenvalue weighted by molar-refractivity contribution is -0.141. The lowest BCUT2D eigenvalue weighted by Crippen LogP contribution is -2.46. The van der Waals surface area contributed by atoms with Crippen LogP contribution in [0.3, 0.4) is 0 Å². The summed E-state index contributed by atoms with van der Waals surface area (Å²) in [7, 11) is 0. The number of carbonyl (C=O) groups excluding carboxylic acids is 1. The van der Waals surface area contributed by atoms with Gasteiger partial charge < -0.3 is 9.64 Å². The van der Waals surface area contributed by atoms with Crippen LogP contribution in [0.25, 0.3) is 0 Å². The van der Waals surface area contributed by atoms with Gasteiger partial charge >= 0.3 is 0 Å². The van der Waals surface area contributed by atoms with E-state index in [2.05, 4.69) is 22.2 Å². The predicted octanol–water partition coefficient (Wildman–Crippen LogP) is 1.78. The van der Waals surface area contributed by atoms with Gasteiger partial charge in [0.2, 0.25) is 5.91 Å². The molecule has 1 aromatic heterocycles. The van der Waals surface area contributed by atoms with Gasteiger partial charge in [-0.1, -0.05) is 6.92 Å². The average molecular weight is 323 g/mol. The monoisotopic (exact) mass is 323 g/mol. The summed E-state index contributed by atoms with van der Waals surface area (Å²) < 4.78 is 5.32. The van der Waals surface area contributed by atoms with Crippen LogP contribution in [0.1, 0.15) is 30.5 Å². The number of nitrogens with zero attached hydrogens (tertiary/aromatic N) is 3. The summed E-state index contributed by atoms with van der Waals surface area (Å²) in [6.07, 6.45) is 2.96. The van der Waals surface area contributed by atoms with Crippen LogP contribution in [0.2, 0.25) is 0 Å². The van der Waals surface area contributed by atoms with Gasteiger partial charge in [0.1, 0.15) is 0 Å². The molecule has 0 saturated carbocycles. The summed E-state index contributed by atoms with van der Waals surface area (Å²) in [6, 6.07) is 0. The molecule has 0 radical (unpaired) electrons. The maximum Gasteiger partial charge on any atom is 0.225 e. The van der Waals surface area contributed by atoms with E-state index in [0.29, 0.717) is 19.1 Å². The minimum atomic E-state index is 0.205. The first-order valence-electron chi connectivity index (χ1n) is 8.28. The number of ether oxygens (including phenoxy) is 1. The topological polar surface area (TPSA) is 45.7 Å². The van der Waals surface area contributed by atoms with Gasteiger partial charge in [-0.3, -0.25) is 9.69 Å². The highest BCUT2D eigenvalue weighted by atomic mass is 32.1. The van der Waals surface area contributed by atoms with E-state index in [0.717, 1.165) is 52.0 Å². The summed E-state index contributed by atoms with van der Waals surface area (Å²) in [5, 5.41) is 3.39. The maximum atomic E-state index is 12.5. The highest BCUT2D eigenvalue weighted by molar-refractivity contribution is 7.09. The SMILES string of the molecule is CCc1nc(CN2CCC(C(=O)N3CCOCC3)CC2)cs1. The average Bonchev–Trinajstić information content (AvgIpc) is 3.03. The molecule has 22 heavy (non-hydrogen) atoms. The van der Waals surface area contributed by atoms with Crippen molar-refractivity contribution < 1.29 is 9.53 Å². The Hall–Kier alpha value is -0.980. The van der Waals surface area contributed by atoms with Crippen molar-refractivity contribution >= 4 is 17.2 Å². The molecule has 0 unspecified atom stereocenters. The molecule has 2 aliphatic rings. The Morgan fingerprint density at radius 1 is 1.32 bits per heavy atom. The van der Waals surface area contributed by atoms with Gasteiger partial charge in [0.05, 0.1) is 23.9 Å². The molecule has 0 aromatic carbocycles. The lowest BCUT2D eigenvalue weighted by atomic mass is 9.95. The molecule has 0 spiro atoms. The quantitative estimate of drug-likeness (QED) is 0.847. The number of hydrogen-bond acceptors (Lipinski definition) is 5. The van der Waals surface area contributed by atoms with E-state index in [1.807, 2.05) is 4.90 Å². The molecule has 0 N–H and O–H groups in total. The number of likely N-dealkylation sites (tertiary alicyclic amines) is 1. The van der Waals surface area contributed by atoms with Crippen LogP contribution in [-0.2, 0) is 22.5 Å². The van der Waals surface area contributed by atoms with Crippen molar-refractivity contribution in [1.29, 1.82) is 0 Å². The first-order valence-corrected chi connectivity index (χ1v) is 9.16. The summed E-state index contributed by atoms with van der Waals surface area (Å²) in [5.74, 6) is 0.542. The van der Waals surface area contributed by atoms with Crippen LogP contribution in [0.5, 0.6) is 0 Å². The number of rotatable bonds is 4. The van der Waals surface area contributed by atoms with E-state index in [9.17, 15) is 4.79 Å². The second kappa shape index (κ2) is 7.53. The molecule has 0 aliphatic carbocycles. The molecular weight excluding hydrogens is 298 g/mol. The molecule has 1 amide bonds. The number of hydrogen-bond donors (Lipinski definition) is 0. The number of thiazole rings is 1. The highest BCUT2D eigenvalue weighted by Gasteiger charge is 2.29. The van der Waals surface area contributed by atoms with Crippen molar-refractivity contribution in [2.24, 2.45) is 5.92 Å². The Kier molecular flexibility index (Phi) is 5.44. The van der Waals surface area contributed by atoms with Crippen molar-refractivity contribution in [2.45, 2.75) is 32.7 Å². The summed E-state index contributed by atoms with van der Waals surface area (Å²) in [5.41, 5.74) is 1.18. The number of amides is 1. The van der Waals surface area contributed by atoms with Crippen LogP contribution in [-0.4, -0.2) is 60.1 Å². The molecule has 6 heteroatoms. The smallest absolute Gasteiger partial charge is 0.225 e. The van der Waals surface area contributed by atoms with E-state index in [1.54, 1.807) is 11.3 Å². The Labute approximate surface area is 136 Å². The molecule has 122 valence electrons. The van der Waals surface area contributed by atoms with E-state index >= 15 is 0 Å². The fourth-order valence-electron chi connectivity index (χ4n) is 3.19. The second-order valence-corrected chi connectivity index (χ2v) is 7.02. The number of morpholine rings is 1. The lowest BCUT2D eigenvalue weighted by Gasteiger charge is -2.35. The largest absolute Gasteiger partial charge is 0.378 e. The Bertz CT molecular complexity index is 491. The van der Waals surface area contributed by atoms with Gasteiger partial charge in [-0.2, -0.15) is 0 Å². The molecule has 3 heterocycles. The van der Waals surface area contributed by atoms with Crippen LogP contribution in [0.15, 0.2) is 5.38 Å². The van der Waals surface area contributed by atoms with E-state index < -0.39 is 0 Å². The van der Waals surface area contributed by atoms with Gasteiger partial charge in [0, 0.05) is 30.9 Å². The molecule has 5 nitrogen and oxygen atoms in total. The zero-order valence-electron chi connectivity index (χ0n) is 13.3. The van der Waals surface area contributed by atoms with E-state index in [4.69, 9.17) is 4.74 Å². The summed E-state index contributed by atoms with van der Waals surface area (Å²) in [6.45, 7) is 7.97. The van der Waals surface area contributed by atoms with Gasteiger partial charge in [0.15, 0.2) is 0 Å². The fraction of sp³-hybridized carbons (Fsp3) is 0.750. The predicted molar refractivity (Wildman–Crippen MR) is 86.9 cm³/mol. The first kappa shape index (κ1) is 15.9. The molecule has 1 aromatic rings. The number of carbonyl (C=O) groups is 1. The van der Waals surface area contributed by atoms with Crippen molar-refractivity contribution in [3.63, 3.8) is 0 Å². The molecular formula is C16H25N3O2S. The number of aromatic nitrogens is 1. The first-order chi connectivity index (χ1) is 10.8. The third kappa shape index (κ3) is 3.86. The minimum absolute atomic E-state index is 0.205. The summed E-state index contributed by atoms with van der Waals surface area (Å²) in [4.78, 5) is 21.6. The van der Waals surface area contributed by atoms with E-state index in [-0.39, 0.29) is 5.92 Å². The second-order valence-electron chi connectivity index (χ2n) is 6.07. The molecule has 0 atom stereocenters. The number of aryl methyl sites for hydroxylation is 1. The zero-order chi connectivity index (χ0) is 15.4. The van der Waals surface area contributed by atoms with Crippen LogP contribution in [0, 0.1) is 5.92 Å². The Balaban J connectivity index is 1.46. The zero-order valence-corrected chi connectivity index (χ0v) is 14.1. The molecule has 0 bridgehead atoms. The van der Waals surface area contributed by atoms with Crippen molar-refractivity contribution in [2.75, 3.05) is 39.4 Å². The van der Waals surface area contributed by atoms with Crippen LogP contribution >= 0.6 is 11.3 Å².